The van der Waals surface area contributed by atoms with Gasteiger partial charge in [-0.3, -0.25) is 4.98 Å². The molecule has 0 bridgehead atoms. The molecule has 0 saturated carbocycles. The highest BCUT2D eigenvalue weighted by molar-refractivity contribution is 6.31. The maximum absolute atomic E-state index is 13.0. The van der Waals surface area contributed by atoms with Crippen LogP contribution in [0.15, 0.2) is 42.6 Å². The Morgan fingerprint density at radius 2 is 2.06 bits per heavy atom. The van der Waals surface area contributed by atoms with Crippen LogP contribution in [0.2, 0.25) is 5.02 Å². The highest BCUT2D eigenvalue weighted by Crippen LogP contribution is 2.27. The maximum atomic E-state index is 13.0. The molecule has 4 heteroatoms. The van der Waals surface area contributed by atoms with E-state index in [1.165, 1.54) is 18.2 Å². The molecule has 1 unspecified atom stereocenters. The Morgan fingerprint density at radius 3 is 2.75 bits per heavy atom. The lowest BCUT2D eigenvalue weighted by molar-refractivity contribution is 0.215. The third-order valence-corrected chi connectivity index (χ3v) is 2.56. The zero-order chi connectivity index (χ0) is 11.5. The molecule has 0 spiro atoms. The van der Waals surface area contributed by atoms with E-state index in [1.807, 2.05) is 0 Å². The fourth-order valence-electron chi connectivity index (χ4n) is 1.42. The van der Waals surface area contributed by atoms with Crippen LogP contribution in [0.3, 0.4) is 0 Å². The van der Waals surface area contributed by atoms with Crippen molar-refractivity contribution in [1.29, 1.82) is 0 Å². The Hall–Kier alpha value is -1.45. The van der Waals surface area contributed by atoms with E-state index in [1.54, 1.807) is 24.4 Å². The average Bonchev–Trinajstić information content (AvgIpc) is 2.32. The largest absolute Gasteiger partial charge is 0.382 e. The minimum Gasteiger partial charge on any atom is -0.382 e. The average molecular weight is 238 g/mol. The summed E-state index contributed by atoms with van der Waals surface area (Å²) in [6.45, 7) is 0. The number of aliphatic hydroxyl groups excluding tert-OH is 1. The molecule has 0 aliphatic carbocycles. The SMILES string of the molecule is OC(c1ccccn1)c1cc(F)ccc1Cl. The van der Waals surface area contributed by atoms with Crippen molar-refractivity contribution >= 4 is 11.6 Å². The first kappa shape index (κ1) is 11.0. The predicted octanol–water partition coefficient (Wildman–Crippen LogP) is 2.96. The van der Waals surface area contributed by atoms with E-state index in [-0.39, 0.29) is 0 Å². The third kappa shape index (κ3) is 2.21. The molecule has 2 nitrogen and oxygen atoms in total. The monoisotopic (exact) mass is 237 g/mol. The zero-order valence-corrected chi connectivity index (χ0v) is 9.03. The van der Waals surface area contributed by atoms with Gasteiger partial charge >= 0.3 is 0 Å². The number of pyridine rings is 1. The molecule has 0 aliphatic heterocycles. The lowest BCUT2D eigenvalue weighted by Gasteiger charge is -2.11. The van der Waals surface area contributed by atoms with Gasteiger partial charge in [0.25, 0.3) is 0 Å². The summed E-state index contributed by atoms with van der Waals surface area (Å²) in [6.07, 6.45) is 0.551. The van der Waals surface area contributed by atoms with Gasteiger partial charge in [-0.05, 0) is 30.3 Å². The Bertz CT molecular complexity index is 490. The van der Waals surface area contributed by atoms with E-state index in [9.17, 15) is 9.50 Å². The second-order valence-electron chi connectivity index (χ2n) is 3.32. The zero-order valence-electron chi connectivity index (χ0n) is 8.27. The van der Waals surface area contributed by atoms with Gasteiger partial charge in [0.1, 0.15) is 11.9 Å². The van der Waals surface area contributed by atoms with Crippen molar-refractivity contribution in [2.75, 3.05) is 0 Å². The Kier molecular flexibility index (Phi) is 3.17. The number of rotatable bonds is 2. The van der Waals surface area contributed by atoms with Crippen molar-refractivity contribution < 1.29 is 9.50 Å². The molecule has 0 fully saturated rings. The van der Waals surface area contributed by atoms with Crippen LogP contribution in [0, 0.1) is 5.82 Å². The van der Waals surface area contributed by atoms with Crippen LogP contribution in [0.1, 0.15) is 17.4 Å². The molecule has 1 aromatic heterocycles. The van der Waals surface area contributed by atoms with Crippen LogP contribution in [0.25, 0.3) is 0 Å². The Labute approximate surface area is 97.3 Å². The molecule has 0 radical (unpaired) electrons. The van der Waals surface area contributed by atoms with E-state index in [2.05, 4.69) is 4.98 Å². The highest BCUT2D eigenvalue weighted by Gasteiger charge is 2.15. The number of aliphatic hydroxyl groups is 1. The van der Waals surface area contributed by atoms with Gasteiger partial charge in [-0.2, -0.15) is 0 Å². The number of hydrogen-bond acceptors (Lipinski definition) is 2. The number of aromatic nitrogens is 1. The molecule has 2 rings (SSSR count). The lowest BCUT2D eigenvalue weighted by Crippen LogP contribution is -2.03. The highest BCUT2D eigenvalue weighted by atomic mass is 35.5. The number of halogens is 2. The molecule has 0 amide bonds. The summed E-state index contributed by atoms with van der Waals surface area (Å²) in [4.78, 5) is 3.99. The normalized spacial score (nSPS) is 12.4. The van der Waals surface area contributed by atoms with Crippen molar-refractivity contribution in [1.82, 2.24) is 4.98 Å². The summed E-state index contributed by atoms with van der Waals surface area (Å²) < 4.78 is 13.0. The van der Waals surface area contributed by atoms with Crippen LogP contribution >= 0.6 is 11.6 Å². The smallest absolute Gasteiger partial charge is 0.123 e. The second kappa shape index (κ2) is 4.60. The molecule has 1 heterocycles. The summed E-state index contributed by atoms with van der Waals surface area (Å²) >= 11 is 5.89. The molecule has 82 valence electrons. The molecule has 1 aromatic carbocycles. The van der Waals surface area contributed by atoms with Crippen molar-refractivity contribution in [3.8, 4) is 0 Å². The molecule has 16 heavy (non-hydrogen) atoms. The van der Waals surface area contributed by atoms with E-state index in [4.69, 9.17) is 11.6 Å². The summed E-state index contributed by atoms with van der Waals surface area (Å²) in [6, 6.07) is 9.02. The van der Waals surface area contributed by atoms with E-state index in [0.29, 0.717) is 16.3 Å². The number of nitrogens with zero attached hydrogens (tertiary/aromatic N) is 1. The van der Waals surface area contributed by atoms with Crippen LogP contribution in [-0.4, -0.2) is 10.1 Å². The lowest BCUT2D eigenvalue weighted by atomic mass is 10.1. The quantitative estimate of drug-likeness (QED) is 0.871. The Balaban J connectivity index is 2.41. The predicted molar refractivity (Wildman–Crippen MR) is 59.7 cm³/mol. The van der Waals surface area contributed by atoms with E-state index < -0.39 is 11.9 Å². The first-order chi connectivity index (χ1) is 7.68. The van der Waals surface area contributed by atoms with Crippen LogP contribution in [-0.2, 0) is 0 Å². The first-order valence-electron chi connectivity index (χ1n) is 4.72. The van der Waals surface area contributed by atoms with Crippen molar-refractivity contribution in [3.63, 3.8) is 0 Å². The second-order valence-corrected chi connectivity index (χ2v) is 3.73. The minimum atomic E-state index is -1.01. The van der Waals surface area contributed by atoms with Gasteiger partial charge < -0.3 is 5.11 Å². The van der Waals surface area contributed by atoms with Crippen LogP contribution in [0.4, 0.5) is 4.39 Å². The minimum absolute atomic E-state index is 0.319. The van der Waals surface area contributed by atoms with Gasteiger partial charge in [0, 0.05) is 16.8 Å². The van der Waals surface area contributed by atoms with Gasteiger partial charge in [-0.15, -0.1) is 0 Å². The van der Waals surface area contributed by atoms with Crippen molar-refractivity contribution in [3.05, 3.63) is 64.7 Å². The molecule has 2 aromatic rings. The Morgan fingerprint density at radius 1 is 1.25 bits per heavy atom. The number of hydrogen-bond donors (Lipinski definition) is 1. The van der Waals surface area contributed by atoms with Gasteiger partial charge in [0.2, 0.25) is 0 Å². The molecule has 0 aliphatic rings. The number of benzene rings is 1. The molecular formula is C12H9ClFNO. The topological polar surface area (TPSA) is 33.1 Å². The van der Waals surface area contributed by atoms with Gasteiger partial charge in [0.15, 0.2) is 0 Å². The standard InChI is InChI=1S/C12H9ClFNO/c13-10-5-4-8(14)7-9(10)12(16)11-3-1-2-6-15-11/h1-7,12,16H. The van der Waals surface area contributed by atoms with Crippen molar-refractivity contribution in [2.24, 2.45) is 0 Å². The molecular weight excluding hydrogens is 229 g/mol. The third-order valence-electron chi connectivity index (χ3n) is 2.22. The summed E-state index contributed by atoms with van der Waals surface area (Å²) in [5, 5.41) is 10.3. The molecule has 0 saturated heterocycles. The van der Waals surface area contributed by atoms with E-state index >= 15 is 0 Å². The fourth-order valence-corrected chi connectivity index (χ4v) is 1.64. The van der Waals surface area contributed by atoms with Crippen LogP contribution in [0.5, 0.6) is 0 Å². The molecule has 1 atom stereocenters. The van der Waals surface area contributed by atoms with Gasteiger partial charge in [0.05, 0.1) is 5.69 Å². The van der Waals surface area contributed by atoms with Gasteiger partial charge in [-0.25, -0.2) is 4.39 Å². The molecule has 1 N–H and O–H groups in total. The summed E-state index contributed by atoms with van der Waals surface area (Å²) in [5.74, 6) is -0.436. The first-order valence-corrected chi connectivity index (χ1v) is 5.10. The van der Waals surface area contributed by atoms with Crippen LogP contribution < -0.4 is 0 Å². The van der Waals surface area contributed by atoms with Crippen molar-refractivity contribution in [2.45, 2.75) is 6.10 Å². The summed E-state index contributed by atoms with van der Waals surface area (Å²) in [7, 11) is 0. The maximum Gasteiger partial charge on any atom is 0.123 e. The summed E-state index contributed by atoms with van der Waals surface area (Å²) in [5.41, 5.74) is 0.760. The van der Waals surface area contributed by atoms with E-state index in [0.717, 1.165) is 0 Å². The fraction of sp³-hybridized carbons (Fsp3) is 0.0833. The van der Waals surface area contributed by atoms with Gasteiger partial charge in [-0.1, -0.05) is 17.7 Å².